The molecule has 0 rings (SSSR count). The molecule has 0 saturated carbocycles. The summed E-state index contributed by atoms with van der Waals surface area (Å²) in [5.41, 5.74) is -0.226. The molecule has 0 saturated heterocycles. The van der Waals surface area contributed by atoms with Crippen LogP contribution in [0.15, 0.2) is 0 Å². The van der Waals surface area contributed by atoms with Gasteiger partial charge < -0.3 is 9.47 Å². The molecule has 0 amide bonds. The van der Waals surface area contributed by atoms with Gasteiger partial charge in [0.25, 0.3) is 0 Å². The van der Waals surface area contributed by atoms with Gasteiger partial charge in [-0.2, -0.15) is 0 Å². The first-order valence-corrected chi connectivity index (χ1v) is 4.79. The molecule has 2 nitrogen and oxygen atoms in total. The van der Waals surface area contributed by atoms with Crippen molar-refractivity contribution >= 4 is 10.2 Å². The lowest BCUT2D eigenvalue weighted by atomic mass is 10.2. The molecule has 62 valence electrons. The minimum absolute atomic E-state index is 0.226. The fourth-order valence-corrected chi connectivity index (χ4v) is 1.14. The van der Waals surface area contributed by atoms with Crippen LogP contribution in [0.4, 0.5) is 0 Å². The van der Waals surface area contributed by atoms with Gasteiger partial charge >= 0.3 is 0 Å². The second-order valence-electron chi connectivity index (χ2n) is 2.65. The molecule has 0 aliphatic heterocycles. The van der Waals surface area contributed by atoms with E-state index >= 15 is 0 Å². The van der Waals surface area contributed by atoms with Crippen molar-refractivity contribution in [2.45, 2.75) is 31.6 Å². The zero-order chi connectivity index (χ0) is 8.04. The Hall–Kier alpha value is 0.137. The van der Waals surface area contributed by atoms with Crippen molar-refractivity contribution in [2.75, 3.05) is 14.2 Å². The highest BCUT2D eigenvalue weighted by atomic mass is 28.1. The van der Waals surface area contributed by atoms with Crippen LogP contribution in [-0.2, 0) is 9.47 Å². The van der Waals surface area contributed by atoms with Gasteiger partial charge in [0.15, 0.2) is 0 Å². The van der Waals surface area contributed by atoms with E-state index in [0.29, 0.717) is 0 Å². The molecule has 0 spiro atoms. The fourth-order valence-electron chi connectivity index (χ4n) is 0.785. The lowest BCUT2D eigenvalue weighted by Crippen LogP contribution is -2.33. The van der Waals surface area contributed by atoms with Crippen molar-refractivity contribution in [3.63, 3.8) is 0 Å². The van der Waals surface area contributed by atoms with E-state index in [9.17, 15) is 0 Å². The van der Waals surface area contributed by atoms with Crippen LogP contribution in [0.1, 0.15) is 26.2 Å². The van der Waals surface area contributed by atoms with Crippen LogP contribution in [0.2, 0.25) is 0 Å². The van der Waals surface area contributed by atoms with Gasteiger partial charge in [0.2, 0.25) is 0 Å². The minimum Gasteiger partial charge on any atom is -0.358 e. The highest BCUT2D eigenvalue weighted by Gasteiger charge is 2.20. The van der Waals surface area contributed by atoms with Crippen molar-refractivity contribution in [1.82, 2.24) is 0 Å². The molecule has 3 heteroatoms. The van der Waals surface area contributed by atoms with Gasteiger partial charge in [-0.3, -0.25) is 0 Å². The van der Waals surface area contributed by atoms with Gasteiger partial charge in [0, 0.05) is 14.2 Å². The van der Waals surface area contributed by atoms with Crippen LogP contribution >= 0.6 is 0 Å². The maximum atomic E-state index is 5.23. The maximum absolute atomic E-state index is 5.23. The van der Waals surface area contributed by atoms with Gasteiger partial charge in [-0.1, -0.05) is 13.3 Å². The summed E-state index contributed by atoms with van der Waals surface area (Å²) >= 11 is 0. The third kappa shape index (κ3) is 3.34. The molecule has 0 N–H and O–H groups in total. The van der Waals surface area contributed by atoms with Crippen LogP contribution in [0, 0.1) is 0 Å². The second kappa shape index (κ2) is 4.88. The first-order chi connectivity index (χ1) is 4.68. The monoisotopic (exact) mass is 162 g/mol. The molecule has 0 radical (unpaired) electrons. The van der Waals surface area contributed by atoms with Crippen molar-refractivity contribution in [3.05, 3.63) is 0 Å². The van der Waals surface area contributed by atoms with E-state index in [1.54, 1.807) is 14.2 Å². The second-order valence-corrected chi connectivity index (χ2v) is 4.17. The maximum Gasteiger partial charge on any atom is 0.140 e. The molecule has 0 aliphatic carbocycles. The summed E-state index contributed by atoms with van der Waals surface area (Å²) in [6, 6.07) is 0. The van der Waals surface area contributed by atoms with E-state index in [1.807, 2.05) is 0 Å². The third-order valence-corrected chi connectivity index (χ3v) is 3.16. The molecule has 0 aromatic heterocycles. The Kier molecular flexibility index (Phi) is 4.94. The standard InChI is InChI=1S/C7H18O2Si/c1-4-5-6-7(10,8-2)9-3/h4-6H2,1-3,10H3. The van der Waals surface area contributed by atoms with Crippen LogP contribution in [0.3, 0.4) is 0 Å². The summed E-state index contributed by atoms with van der Waals surface area (Å²) in [6.45, 7) is 2.17. The normalized spacial score (nSPS) is 12.3. The summed E-state index contributed by atoms with van der Waals surface area (Å²) in [5.74, 6) is 0. The SMILES string of the molecule is CCCCC([SiH3])(OC)OC. The molecular weight excluding hydrogens is 144 g/mol. The van der Waals surface area contributed by atoms with Crippen molar-refractivity contribution in [1.29, 1.82) is 0 Å². The Morgan fingerprint density at radius 3 is 2.10 bits per heavy atom. The molecule has 0 fully saturated rings. The van der Waals surface area contributed by atoms with Gasteiger partial charge in [-0.15, -0.1) is 0 Å². The van der Waals surface area contributed by atoms with Crippen molar-refractivity contribution in [3.8, 4) is 0 Å². The van der Waals surface area contributed by atoms with Crippen LogP contribution in [-0.4, -0.2) is 29.9 Å². The summed E-state index contributed by atoms with van der Waals surface area (Å²) in [4.78, 5) is 0. The van der Waals surface area contributed by atoms with Gasteiger partial charge in [-0.05, 0) is 12.8 Å². The zero-order valence-electron chi connectivity index (χ0n) is 7.44. The molecule has 0 aromatic carbocycles. The molecule has 0 heterocycles. The topological polar surface area (TPSA) is 18.5 Å². The molecule has 0 atom stereocenters. The molecule has 0 aliphatic rings. The number of hydrogen-bond acceptors (Lipinski definition) is 2. The Morgan fingerprint density at radius 1 is 1.30 bits per heavy atom. The lowest BCUT2D eigenvalue weighted by Gasteiger charge is -2.26. The summed E-state index contributed by atoms with van der Waals surface area (Å²) < 4.78 is 10.5. The zero-order valence-corrected chi connectivity index (χ0v) is 9.44. The molecule has 10 heavy (non-hydrogen) atoms. The average molecular weight is 162 g/mol. The largest absolute Gasteiger partial charge is 0.358 e. The smallest absolute Gasteiger partial charge is 0.140 e. The van der Waals surface area contributed by atoms with Crippen molar-refractivity contribution in [2.24, 2.45) is 0 Å². The average Bonchev–Trinajstić information content (AvgIpc) is 2.00. The third-order valence-electron chi connectivity index (χ3n) is 1.85. The van der Waals surface area contributed by atoms with Crippen LogP contribution in [0.5, 0.6) is 0 Å². The minimum atomic E-state index is -0.226. The summed E-state index contributed by atoms with van der Waals surface area (Å²) in [5, 5.41) is 0. The Balaban J connectivity index is 3.58. The Morgan fingerprint density at radius 2 is 1.80 bits per heavy atom. The Labute approximate surface area is 66.3 Å². The van der Waals surface area contributed by atoms with Gasteiger partial charge in [-0.25, -0.2) is 0 Å². The summed E-state index contributed by atoms with van der Waals surface area (Å²) in [7, 11) is 4.37. The van der Waals surface area contributed by atoms with E-state index in [2.05, 4.69) is 6.92 Å². The first kappa shape index (κ1) is 10.1. The number of hydrogen-bond donors (Lipinski definition) is 0. The van der Waals surface area contributed by atoms with E-state index in [4.69, 9.17) is 9.47 Å². The Bertz CT molecular complexity index is 81.7. The highest BCUT2D eigenvalue weighted by Crippen LogP contribution is 2.14. The summed E-state index contributed by atoms with van der Waals surface area (Å²) in [6.07, 6.45) is 3.42. The van der Waals surface area contributed by atoms with E-state index in [0.717, 1.165) is 16.7 Å². The highest BCUT2D eigenvalue weighted by molar-refractivity contribution is 6.13. The fraction of sp³-hybridized carbons (Fsp3) is 1.00. The van der Waals surface area contributed by atoms with Crippen LogP contribution < -0.4 is 0 Å². The lowest BCUT2D eigenvalue weighted by molar-refractivity contribution is -0.146. The molecule has 0 bridgehead atoms. The van der Waals surface area contributed by atoms with Gasteiger partial charge in [0.05, 0.1) is 10.2 Å². The molecule has 0 unspecified atom stereocenters. The predicted octanol–water partition coefficient (Wildman–Crippen LogP) is 0.489. The number of methoxy groups -OCH3 is 2. The predicted molar refractivity (Wildman–Crippen MR) is 46.2 cm³/mol. The van der Waals surface area contributed by atoms with Gasteiger partial charge in [0.1, 0.15) is 5.41 Å². The van der Waals surface area contributed by atoms with Crippen molar-refractivity contribution < 1.29 is 9.47 Å². The first-order valence-electron chi connectivity index (χ1n) is 3.79. The molecule has 0 aromatic rings. The van der Waals surface area contributed by atoms with E-state index in [-0.39, 0.29) is 5.41 Å². The number of rotatable bonds is 5. The van der Waals surface area contributed by atoms with E-state index in [1.165, 1.54) is 12.8 Å². The van der Waals surface area contributed by atoms with Crippen LogP contribution in [0.25, 0.3) is 0 Å². The number of unbranched alkanes of at least 4 members (excludes halogenated alkanes) is 1. The number of ether oxygens (including phenoxy) is 2. The quantitative estimate of drug-likeness (QED) is 0.433. The molecular formula is C7H18O2Si. The van der Waals surface area contributed by atoms with E-state index < -0.39 is 0 Å².